The smallest absolute Gasteiger partial charge is 0.221 e. The third-order valence-corrected chi connectivity index (χ3v) is 3.16. The summed E-state index contributed by atoms with van der Waals surface area (Å²) in [5, 5.41) is 6.15. The Morgan fingerprint density at radius 1 is 1.39 bits per heavy atom. The van der Waals surface area contributed by atoms with E-state index in [1.54, 1.807) is 0 Å². The number of hydrogen-bond donors (Lipinski definition) is 2. The number of carbonyl (C=O) groups is 1. The molecule has 0 fully saturated rings. The first kappa shape index (κ1) is 15.0. The van der Waals surface area contributed by atoms with Crippen molar-refractivity contribution in [1.29, 1.82) is 0 Å². The fourth-order valence-electron chi connectivity index (χ4n) is 1.48. The number of halogens is 1. The van der Waals surface area contributed by atoms with E-state index in [1.807, 2.05) is 19.1 Å². The molecular formula is C14H21BrN2O. The molecule has 2 N–H and O–H groups in total. The van der Waals surface area contributed by atoms with Gasteiger partial charge in [-0.05, 0) is 46.5 Å². The predicted molar refractivity (Wildman–Crippen MR) is 79.8 cm³/mol. The number of hydrogen-bond acceptors (Lipinski definition) is 2. The van der Waals surface area contributed by atoms with Gasteiger partial charge in [-0.2, -0.15) is 0 Å². The largest absolute Gasteiger partial charge is 0.384 e. The van der Waals surface area contributed by atoms with Gasteiger partial charge in [0, 0.05) is 29.7 Å². The van der Waals surface area contributed by atoms with Gasteiger partial charge in [0.25, 0.3) is 0 Å². The quantitative estimate of drug-likeness (QED) is 0.846. The Morgan fingerprint density at radius 2 is 2.11 bits per heavy atom. The minimum Gasteiger partial charge on any atom is -0.384 e. The lowest BCUT2D eigenvalue weighted by molar-refractivity contribution is -0.120. The van der Waals surface area contributed by atoms with Crippen LogP contribution in [0.25, 0.3) is 0 Å². The Bertz CT molecular complexity index is 405. The summed E-state index contributed by atoms with van der Waals surface area (Å²) in [6.07, 6.45) is 0.493. The Labute approximate surface area is 117 Å². The molecular weight excluding hydrogens is 292 g/mol. The molecule has 100 valence electrons. The van der Waals surface area contributed by atoms with Crippen LogP contribution >= 0.6 is 15.9 Å². The summed E-state index contributed by atoms with van der Waals surface area (Å²) < 4.78 is 1.03. The summed E-state index contributed by atoms with van der Waals surface area (Å²) in [5.41, 5.74) is 2.24. The summed E-state index contributed by atoms with van der Waals surface area (Å²) >= 11 is 3.50. The van der Waals surface area contributed by atoms with Crippen molar-refractivity contribution in [2.75, 3.05) is 18.4 Å². The maximum Gasteiger partial charge on any atom is 0.221 e. The van der Waals surface area contributed by atoms with Gasteiger partial charge in [0.2, 0.25) is 5.91 Å². The summed E-state index contributed by atoms with van der Waals surface area (Å²) in [5.74, 6) is 0.590. The van der Waals surface area contributed by atoms with E-state index >= 15 is 0 Å². The van der Waals surface area contributed by atoms with Gasteiger partial charge in [-0.15, -0.1) is 0 Å². The van der Waals surface area contributed by atoms with Gasteiger partial charge in [0.05, 0.1) is 0 Å². The van der Waals surface area contributed by atoms with Crippen LogP contribution in [0.1, 0.15) is 25.8 Å². The summed E-state index contributed by atoms with van der Waals surface area (Å²) in [6, 6.07) is 6.12. The molecule has 0 aliphatic rings. The van der Waals surface area contributed by atoms with Crippen molar-refractivity contribution in [1.82, 2.24) is 5.32 Å². The lowest BCUT2D eigenvalue weighted by atomic mass is 10.2. The van der Waals surface area contributed by atoms with E-state index in [1.165, 1.54) is 5.56 Å². The number of rotatable bonds is 6. The van der Waals surface area contributed by atoms with Crippen molar-refractivity contribution in [3.05, 3.63) is 28.2 Å². The average molecular weight is 313 g/mol. The molecule has 0 saturated heterocycles. The van der Waals surface area contributed by atoms with Crippen LogP contribution in [0.2, 0.25) is 0 Å². The minimum atomic E-state index is 0.0967. The van der Waals surface area contributed by atoms with Crippen LogP contribution < -0.4 is 10.6 Å². The van der Waals surface area contributed by atoms with Crippen molar-refractivity contribution >= 4 is 27.5 Å². The molecule has 0 aromatic heterocycles. The number of nitrogens with one attached hydrogen (secondary N) is 2. The molecule has 0 atom stereocenters. The Morgan fingerprint density at radius 3 is 2.72 bits per heavy atom. The van der Waals surface area contributed by atoms with E-state index in [4.69, 9.17) is 0 Å². The van der Waals surface area contributed by atoms with Crippen molar-refractivity contribution in [2.24, 2.45) is 5.92 Å². The molecule has 1 rings (SSSR count). The molecule has 1 aromatic carbocycles. The molecule has 0 spiro atoms. The van der Waals surface area contributed by atoms with E-state index < -0.39 is 0 Å². The zero-order valence-corrected chi connectivity index (χ0v) is 12.8. The SMILES string of the molecule is Cc1ccc(NCCC(=O)NCC(C)C)c(Br)c1. The highest BCUT2D eigenvalue weighted by atomic mass is 79.9. The van der Waals surface area contributed by atoms with E-state index in [2.05, 4.69) is 46.5 Å². The first-order valence-corrected chi connectivity index (χ1v) is 7.05. The van der Waals surface area contributed by atoms with E-state index in [0.717, 1.165) is 16.7 Å². The minimum absolute atomic E-state index is 0.0967. The first-order chi connectivity index (χ1) is 8.49. The summed E-state index contributed by atoms with van der Waals surface area (Å²) in [6.45, 7) is 7.61. The lowest BCUT2D eigenvalue weighted by Crippen LogP contribution is -2.28. The molecule has 0 unspecified atom stereocenters. The molecule has 0 radical (unpaired) electrons. The topological polar surface area (TPSA) is 41.1 Å². The van der Waals surface area contributed by atoms with Gasteiger partial charge in [-0.1, -0.05) is 19.9 Å². The predicted octanol–water partition coefficient (Wildman–Crippen LogP) is 3.33. The van der Waals surface area contributed by atoms with Crippen molar-refractivity contribution in [3.8, 4) is 0 Å². The van der Waals surface area contributed by atoms with Gasteiger partial charge in [-0.3, -0.25) is 4.79 Å². The van der Waals surface area contributed by atoms with Crippen LogP contribution in [0, 0.1) is 12.8 Å². The molecule has 1 amide bonds. The van der Waals surface area contributed by atoms with E-state index in [-0.39, 0.29) is 5.91 Å². The number of aryl methyl sites for hydroxylation is 1. The van der Waals surface area contributed by atoms with Gasteiger partial charge in [0.15, 0.2) is 0 Å². The van der Waals surface area contributed by atoms with Gasteiger partial charge >= 0.3 is 0 Å². The molecule has 3 nitrogen and oxygen atoms in total. The highest BCUT2D eigenvalue weighted by molar-refractivity contribution is 9.10. The van der Waals surface area contributed by atoms with Crippen LogP contribution in [0.3, 0.4) is 0 Å². The number of anilines is 1. The van der Waals surface area contributed by atoms with Crippen LogP contribution in [-0.2, 0) is 4.79 Å². The van der Waals surface area contributed by atoms with Gasteiger partial charge in [-0.25, -0.2) is 0 Å². The first-order valence-electron chi connectivity index (χ1n) is 6.25. The second-order valence-corrected chi connectivity index (χ2v) is 5.71. The third kappa shape index (κ3) is 5.54. The molecule has 0 aliphatic heterocycles. The number of benzene rings is 1. The maximum atomic E-state index is 11.5. The fraction of sp³-hybridized carbons (Fsp3) is 0.500. The normalized spacial score (nSPS) is 10.5. The highest BCUT2D eigenvalue weighted by Gasteiger charge is 2.03. The molecule has 0 bridgehead atoms. The van der Waals surface area contributed by atoms with E-state index in [9.17, 15) is 4.79 Å². The highest BCUT2D eigenvalue weighted by Crippen LogP contribution is 2.23. The average Bonchev–Trinajstić information content (AvgIpc) is 2.29. The zero-order chi connectivity index (χ0) is 13.5. The Kier molecular flexibility index (Phi) is 6.19. The Balaban J connectivity index is 2.31. The fourth-order valence-corrected chi connectivity index (χ4v) is 2.11. The number of amides is 1. The lowest BCUT2D eigenvalue weighted by Gasteiger charge is -2.10. The third-order valence-electron chi connectivity index (χ3n) is 2.50. The van der Waals surface area contributed by atoms with Gasteiger partial charge < -0.3 is 10.6 Å². The summed E-state index contributed by atoms with van der Waals surface area (Å²) in [7, 11) is 0. The standard InChI is InChI=1S/C14H21BrN2O/c1-10(2)9-17-14(18)6-7-16-13-5-4-11(3)8-12(13)15/h4-5,8,10,16H,6-7,9H2,1-3H3,(H,17,18). The molecule has 1 aromatic rings. The molecule has 18 heavy (non-hydrogen) atoms. The van der Waals surface area contributed by atoms with Crippen LogP contribution in [0.5, 0.6) is 0 Å². The van der Waals surface area contributed by atoms with Crippen molar-refractivity contribution in [3.63, 3.8) is 0 Å². The molecule has 4 heteroatoms. The van der Waals surface area contributed by atoms with Gasteiger partial charge in [0.1, 0.15) is 0 Å². The molecule has 0 saturated carbocycles. The Hall–Kier alpha value is -1.03. The second kappa shape index (κ2) is 7.41. The van der Waals surface area contributed by atoms with Crippen LogP contribution in [-0.4, -0.2) is 19.0 Å². The van der Waals surface area contributed by atoms with Crippen LogP contribution in [0.15, 0.2) is 22.7 Å². The maximum absolute atomic E-state index is 11.5. The molecule has 0 heterocycles. The van der Waals surface area contributed by atoms with Crippen LogP contribution in [0.4, 0.5) is 5.69 Å². The molecule has 0 aliphatic carbocycles. The van der Waals surface area contributed by atoms with Crippen molar-refractivity contribution in [2.45, 2.75) is 27.2 Å². The van der Waals surface area contributed by atoms with E-state index in [0.29, 0.717) is 18.9 Å². The monoisotopic (exact) mass is 312 g/mol. The summed E-state index contributed by atoms with van der Waals surface area (Å²) in [4.78, 5) is 11.5. The van der Waals surface area contributed by atoms with Crippen molar-refractivity contribution < 1.29 is 4.79 Å². The zero-order valence-electron chi connectivity index (χ0n) is 11.2. The number of carbonyl (C=O) groups excluding carboxylic acids is 1. The second-order valence-electron chi connectivity index (χ2n) is 4.86.